The minimum Gasteiger partial charge on any atom is -0.490 e. The molecular formula is C27H34N2O6. The molecule has 2 heterocycles. The van der Waals surface area contributed by atoms with E-state index in [1.165, 1.54) is 0 Å². The van der Waals surface area contributed by atoms with Crippen molar-refractivity contribution in [3.8, 4) is 23.0 Å². The highest BCUT2D eigenvalue weighted by Gasteiger charge is 2.21. The fraction of sp³-hybridized carbons (Fsp3) is 0.481. The van der Waals surface area contributed by atoms with Gasteiger partial charge < -0.3 is 28.7 Å². The molecule has 188 valence electrons. The van der Waals surface area contributed by atoms with Crippen LogP contribution in [0.1, 0.15) is 49.0 Å². The largest absolute Gasteiger partial charge is 0.490 e. The molecule has 2 aromatic carbocycles. The molecule has 0 saturated carbocycles. The number of hydrogen-bond donors (Lipinski definition) is 0. The van der Waals surface area contributed by atoms with Gasteiger partial charge in [0.25, 0.3) is 11.8 Å². The molecular weight excluding hydrogens is 448 g/mol. The molecule has 0 radical (unpaired) electrons. The van der Waals surface area contributed by atoms with Crippen molar-refractivity contribution in [1.82, 2.24) is 9.80 Å². The number of likely N-dealkylation sites (tertiary alicyclic amines) is 1. The highest BCUT2D eigenvalue weighted by molar-refractivity contribution is 5.95. The zero-order valence-corrected chi connectivity index (χ0v) is 20.6. The van der Waals surface area contributed by atoms with Gasteiger partial charge in [-0.25, -0.2) is 0 Å². The van der Waals surface area contributed by atoms with Crippen LogP contribution < -0.4 is 18.9 Å². The monoisotopic (exact) mass is 482 g/mol. The van der Waals surface area contributed by atoms with Gasteiger partial charge in [0.2, 0.25) is 0 Å². The third-order valence-corrected chi connectivity index (χ3v) is 6.20. The van der Waals surface area contributed by atoms with Gasteiger partial charge >= 0.3 is 0 Å². The molecule has 0 spiro atoms. The minimum absolute atomic E-state index is 0.0242. The van der Waals surface area contributed by atoms with Gasteiger partial charge in [-0.05, 0) is 69.0 Å². The van der Waals surface area contributed by atoms with E-state index in [4.69, 9.17) is 18.9 Å². The molecule has 2 amide bonds. The van der Waals surface area contributed by atoms with Crippen molar-refractivity contribution in [3.05, 3.63) is 47.5 Å². The number of ether oxygens (including phenoxy) is 4. The lowest BCUT2D eigenvalue weighted by Crippen LogP contribution is -2.38. The molecule has 4 rings (SSSR count). The van der Waals surface area contributed by atoms with E-state index in [1.807, 2.05) is 36.9 Å². The number of carbonyl (C=O) groups excluding carboxylic acids is 2. The summed E-state index contributed by atoms with van der Waals surface area (Å²) in [6.07, 6.45) is 3.23. The van der Waals surface area contributed by atoms with E-state index >= 15 is 0 Å². The maximum Gasteiger partial charge on any atom is 0.260 e. The fourth-order valence-electron chi connectivity index (χ4n) is 4.32. The summed E-state index contributed by atoms with van der Waals surface area (Å²) in [5, 5.41) is 0. The van der Waals surface area contributed by atoms with Crippen molar-refractivity contribution in [1.29, 1.82) is 0 Å². The highest BCUT2D eigenvalue weighted by atomic mass is 16.6. The van der Waals surface area contributed by atoms with Gasteiger partial charge in [0.1, 0.15) is 13.2 Å². The van der Waals surface area contributed by atoms with Crippen LogP contribution in [0.15, 0.2) is 36.4 Å². The number of hydrogen-bond acceptors (Lipinski definition) is 6. The molecule has 0 unspecified atom stereocenters. The van der Waals surface area contributed by atoms with E-state index in [0.29, 0.717) is 55.7 Å². The fourth-order valence-corrected chi connectivity index (χ4v) is 4.32. The summed E-state index contributed by atoms with van der Waals surface area (Å²) in [6.45, 7) is 7.81. The Balaban J connectivity index is 1.44. The van der Waals surface area contributed by atoms with Gasteiger partial charge in [0.15, 0.2) is 29.6 Å². The van der Waals surface area contributed by atoms with Gasteiger partial charge in [-0.1, -0.05) is 6.07 Å². The number of rotatable bonds is 9. The second kappa shape index (κ2) is 11.8. The van der Waals surface area contributed by atoms with Gasteiger partial charge in [-0.15, -0.1) is 0 Å². The molecule has 0 atom stereocenters. The first-order valence-corrected chi connectivity index (χ1v) is 12.4. The summed E-state index contributed by atoms with van der Waals surface area (Å²) < 4.78 is 22.8. The maximum atomic E-state index is 13.3. The number of fused-ring (bicyclic) bond motifs is 1. The molecule has 2 aliphatic heterocycles. The van der Waals surface area contributed by atoms with Gasteiger partial charge in [-0.2, -0.15) is 0 Å². The van der Waals surface area contributed by atoms with E-state index < -0.39 is 0 Å². The molecule has 8 heteroatoms. The number of nitrogens with zero attached hydrogens (tertiary/aromatic N) is 2. The average molecular weight is 483 g/mol. The van der Waals surface area contributed by atoms with Gasteiger partial charge in [-0.3, -0.25) is 9.59 Å². The minimum atomic E-state index is -0.112. The molecule has 2 aliphatic rings. The van der Waals surface area contributed by atoms with E-state index in [-0.39, 0.29) is 18.4 Å². The zero-order chi connectivity index (χ0) is 24.6. The first-order chi connectivity index (χ1) is 17.1. The van der Waals surface area contributed by atoms with Crippen molar-refractivity contribution in [2.45, 2.75) is 39.7 Å². The van der Waals surface area contributed by atoms with Gasteiger partial charge in [0, 0.05) is 31.7 Å². The Morgan fingerprint density at radius 1 is 0.914 bits per heavy atom. The summed E-state index contributed by atoms with van der Waals surface area (Å²) >= 11 is 0. The van der Waals surface area contributed by atoms with Gasteiger partial charge in [0.05, 0.1) is 6.61 Å². The standard InChI is InChI=1S/C27H34N2O6/c1-3-28(18-20-8-10-22-24(16-20)34-15-14-33-22)27(31)21-9-11-23(25(17-21)32-4-2)35-19-26(30)29-12-6-5-7-13-29/h8-11,16-17H,3-7,12-15,18-19H2,1-2H3. The molecule has 1 fully saturated rings. The average Bonchev–Trinajstić information content (AvgIpc) is 2.91. The Morgan fingerprint density at radius 2 is 1.69 bits per heavy atom. The first-order valence-electron chi connectivity index (χ1n) is 12.4. The van der Waals surface area contributed by atoms with Crippen LogP contribution in [0.5, 0.6) is 23.0 Å². The molecule has 8 nitrogen and oxygen atoms in total. The topological polar surface area (TPSA) is 77.5 Å². The predicted molar refractivity (Wildman–Crippen MR) is 131 cm³/mol. The third-order valence-electron chi connectivity index (χ3n) is 6.20. The molecule has 1 saturated heterocycles. The van der Waals surface area contributed by atoms with Crippen LogP contribution in [0.3, 0.4) is 0 Å². The predicted octanol–water partition coefficient (Wildman–Crippen LogP) is 3.91. The number of carbonyl (C=O) groups is 2. The van der Waals surface area contributed by atoms with Crippen LogP contribution in [0.25, 0.3) is 0 Å². The molecule has 0 aliphatic carbocycles. The summed E-state index contributed by atoms with van der Waals surface area (Å²) in [5.74, 6) is 2.22. The molecule has 0 N–H and O–H groups in total. The van der Waals surface area contributed by atoms with E-state index in [2.05, 4.69) is 0 Å². The number of benzene rings is 2. The summed E-state index contributed by atoms with van der Waals surface area (Å²) in [4.78, 5) is 29.4. The van der Waals surface area contributed by atoms with Crippen LogP contribution in [0.2, 0.25) is 0 Å². The van der Waals surface area contributed by atoms with Crippen LogP contribution in [-0.2, 0) is 11.3 Å². The van der Waals surface area contributed by atoms with Crippen LogP contribution >= 0.6 is 0 Å². The SMILES string of the molecule is CCOc1cc(C(=O)N(CC)Cc2ccc3c(c2)OCCO3)ccc1OCC(=O)N1CCCCC1. The van der Waals surface area contributed by atoms with Crippen LogP contribution in [0.4, 0.5) is 0 Å². The normalized spacial score (nSPS) is 14.9. The molecule has 0 bridgehead atoms. The van der Waals surface area contributed by atoms with E-state index in [9.17, 15) is 9.59 Å². The summed E-state index contributed by atoms with van der Waals surface area (Å²) in [6, 6.07) is 10.9. The smallest absolute Gasteiger partial charge is 0.260 e. The van der Waals surface area contributed by atoms with E-state index in [1.54, 1.807) is 23.1 Å². The lowest BCUT2D eigenvalue weighted by Gasteiger charge is -2.26. The number of amides is 2. The van der Waals surface area contributed by atoms with Crippen molar-refractivity contribution in [2.75, 3.05) is 46.1 Å². The summed E-state index contributed by atoms with van der Waals surface area (Å²) in [5.41, 5.74) is 1.47. The highest BCUT2D eigenvalue weighted by Crippen LogP contribution is 2.32. The zero-order valence-electron chi connectivity index (χ0n) is 20.6. The molecule has 35 heavy (non-hydrogen) atoms. The van der Waals surface area contributed by atoms with Crippen molar-refractivity contribution < 1.29 is 28.5 Å². The lowest BCUT2D eigenvalue weighted by molar-refractivity contribution is -0.134. The van der Waals surface area contributed by atoms with Crippen molar-refractivity contribution in [3.63, 3.8) is 0 Å². The van der Waals surface area contributed by atoms with Crippen LogP contribution in [-0.4, -0.2) is 67.7 Å². The third kappa shape index (κ3) is 6.18. The first kappa shape index (κ1) is 24.7. The number of piperidine rings is 1. The van der Waals surface area contributed by atoms with Crippen LogP contribution in [0, 0.1) is 0 Å². The Hall–Kier alpha value is -3.42. The second-order valence-corrected chi connectivity index (χ2v) is 8.62. The molecule has 2 aromatic rings. The Morgan fingerprint density at radius 3 is 2.43 bits per heavy atom. The van der Waals surface area contributed by atoms with E-state index in [0.717, 1.165) is 43.7 Å². The van der Waals surface area contributed by atoms with Crippen molar-refractivity contribution >= 4 is 11.8 Å². The second-order valence-electron chi connectivity index (χ2n) is 8.62. The summed E-state index contributed by atoms with van der Waals surface area (Å²) in [7, 11) is 0. The quantitative estimate of drug-likeness (QED) is 0.539. The Labute approximate surface area is 206 Å². The Bertz CT molecular complexity index is 1030. The maximum absolute atomic E-state index is 13.3. The van der Waals surface area contributed by atoms with Crippen molar-refractivity contribution in [2.24, 2.45) is 0 Å². The Kier molecular flexibility index (Phi) is 8.34. The molecule has 0 aromatic heterocycles. The lowest BCUT2D eigenvalue weighted by atomic mass is 10.1.